The van der Waals surface area contributed by atoms with E-state index in [0.717, 1.165) is 32.4 Å². The van der Waals surface area contributed by atoms with Crippen molar-refractivity contribution in [3.63, 3.8) is 0 Å². The lowest BCUT2D eigenvalue weighted by Gasteiger charge is -2.31. The van der Waals surface area contributed by atoms with E-state index >= 15 is 4.39 Å². The quantitative estimate of drug-likeness (QED) is 0.272. The third-order valence-electron chi connectivity index (χ3n) is 8.51. The lowest BCUT2D eigenvalue weighted by molar-refractivity contribution is 0.107. The highest BCUT2D eigenvalue weighted by atomic mass is 35.5. The fourth-order valence-electron chi connectivity index (χ4n) is 6.88. The van der Waals surface area contributed by atoms with E-state index in [0.29, 0.717) is 52.0 Å². The van der Waals surface area contributed by atoms with Gasteiger partial charge in [0.05, 0.1) is 10.6 Å². The van der Waals surface area contributed by atoms with E-state index in [2.05, 4.69) is 21.8 Å². The number of aromatic hydroxyl groups is 1. The van der Waals surface area contributed by atoms with Gasteiger partial charge in [0.25, 0.3) is 0 Å². The van der Waals surface area contributed by atoms with Crippen LogP contribution in [-0.2, 0) is 6.42 Å². The van der Waals surface area contributed by atoms with Gasteiger partial charge in [-0.1, -0.05) is 31.5 Å². The van der Waals surface area contributed by atoms with Gasteiger partial charge in [-0.25, -0.2) is 8.78 Å². The largest absolute Gasteiger partial charge is 0.508 e. The van der Waals surface area contributed by atoms with Gasteiger partial charge in [0.15, 0.2) is 5.82 Å². The Morgan fingerprint density at radius 3 is 2.75 bits per heavy atom. The monoisotopic (exact) mass is 566 g/mol. The van der Waals surface area contributed by atoms with Gasteiger partial charge in [0.1, 0.15) is 29.5 Å². The van der Waals surface area contributed by atoms with Gasteiger partial charge in [-0.2, -0.15) is 9.97 Å². The van der Waals surface area contributed by atoms with Crippen LogP contribution in [0, 0.1) is 17.6 Å². The number of aryl methyl sites for hydroxylation is 1. The molecule has 0 unspecified atom stereocenters. The summed E-state index contributed by atoms with van der Waals surface area (Å²) in [6.07, 6.45) is 3.62. The molecule has 2 fully saturated rings. The summed E-state index contributed by atoms with van der Waals surface area (Å²) in [5, 5.41) is 12.2. The van der Waals surface area contributed by atoms with Crippen molar-refractivity contribution in [2.75, 3.05) is 38.7 Å². The summed E-state index contributed by atoms with van der Waals surface area (Å²) < 4.78 is 37.7. The summed E-state index contributed by atoms with van der Waals surface area (Å²) >= 11 is 6.74. The van der Waals surface area contributed by atoms with Crippen LogP contribution in [0.25, 0.3) is 32.8 Å². The van der Waals surface area contributed by atoms with Gasteiger partial charge >= 0.3 is 6.01 Å². The predicted octanol–water partition coefficient (Wildman–Crippen LogP) is 6.97. The topological polar surface area (TPSA) is 61.7 Å². The highest BCUT2D eigenvalue weighted by molar-refractivity contribution is 6.35. The van der Waals surface area contributed by atoms with E-state index in [-0.39, 0.29) is 33.4 Å². The predicted molar refractivity (Wildman–Crippen MR) is 156 cm³/mol. The second-order valence-corrected chi connectivity index (χ2v) is 11.9. The van der Waals surface area contributed by atoms with Crippen LogP contribution >= 0.6 is 11.6 Å². The zero-order valence-corrected chi connectivity index (χ0v) is 23.9. The van der Waals surface area contributed by atoms with Crippen LogP contribution < -0.4 is 9.64 Å². The Balaban J connectivity index is 1.52. The molecule has 6 nitrogen and oxygen atoms in total. The molecule has 2 aliphatic rings. The molecule has 4 aromatic rings. The second kappa shape index (κ2) is 10.00. The smallest absolute Gasteiger partial charge is 0.319 e. The molecule has 0 aliphatic carbocycles. The van der Waals surface area contributed by atoms with Gasteiger partial charge in [-0.05, 0) is 84.3 Å². The molecule has 0 saturated carbocycles. The van der Waals surface area contributed by atoms with E-state index in [9.17, 15) is 9.50 Å². The number of phenols is 1. The third-order valence-corrected chi connectivity index (χ3v) is 8.81. The summed E-state index contributed by atoms with van der Waals surface area (Å²) in [4.78, 5) is 13.5. The van der Waals surface area contributed by atoms with Crippen LogP contribution in [0.1, 0.15) is 38.7 Å². The molecule has 40 heavy (non-hydrogen) atoms. The van der Waals surface area contributed by atoms with E-state index in [4.69, 9.17) is 16.3 Å². The number of rotatable bonds is 6. The zero-order valence-electron chi connectivity index (χ0n) is 23.2. The molecule has 0 bridgehead atoms. The second-order valence-electron chi connectivity index (χ2n) is 11.5. The first kappa shape index (κ1) is 27.0. The third kappa shape index (κ3) is 4.32. The van der Waals surface area contributed by atoms with Crippen molar-refractivity contribution in [1.29, 1.82) is 0 Å². The number of benzene rings is 3. The number of hydrogen-bond donors (Lipinski definition) is 1. The lowest BCUT2D eigenvalue weighted by atomic mass is 9.91. The molecule has 2 saturated heterocycles. The number of halogens is 3. The Morgan fingerprint density at radius 2 is 2.00 bits per heavy atom. The fraction of sp³-hybridized carbons (Fsp3) is 0.419. The van der Waals surface area contributed by atoms with Crippen molar-refractivity contribution in [2.45, 2.75) is 45.1 Å². The lowest BCUT2D eigenvalue weighted by Crippen LogP contribution is -2.43. The maximum atomic E-state index is 16.6. The molecule has 0 radical (unpaired) electrons. The molecule has 1 N–H and O–H groups in total. The molecule has 3 aromatic carbocycles. The Bertz CT molecular complexity index is 1650. The maximum absolute atomic E-state index is 16.6. The van der Waals surface area contributed by atoms with Crippen LogP contribution in [0.15, 0.2) is 30.3 Å². The molecule has 1 aromatic heterocycles. The number of aromatic nitrogens is 2. The minimum Gasteiger partial charge on any atom is -0.508 e. The summed E-state index contributed by atoms with van der Waals surface area (Å²) in [7, 11) is 3.64. The molecular formula is C31H33ClF2N4O2. The molecule has 0 spiro atoms. The normalized spacial score (nSPS) is 20.9. The van der Waals surface area contributed by atoms with Crippen LogP contribution in [0.3, 0.4) is 0 Å². The van der Waals surface area contributed by atoms with E-state index in [1.54, 1.807) is 17.0 Å². The SMILES string of the molecule is CCc1c(F)ccc2cc(O)cc(-c3c(Cl)cc4c(N(C)C)nc(OC[C@@]56CCCN5C[C@H](C)C6)nc4c3F)c12. The minimum absolute atomic E-state index is 0.0409. The summed E-state index contributed by atoms with van der Waals surface area (Å²) in [5.74, 6) is -0.0663. The van der Waals surface area contributed by atoms with Gasteiger partial charge in [0.2, 0.25) is 0 Å². The van der Waals surface area contributed by atoms with Crippen LogP contribution in [0.2, 0.25) is 5.02 Å². The molecule has 0 amide bonds. The highest BCUT2D eigenvalue weighted by Gasteiger charge is 2.47. The Hall–Kier alpha value is -3.23. The number of phenolic OH excluding ortho intramolecular Hbond substituents is 1. The van der Waals surface area contributed by atoms with Gasteiger partial charge in [-0.15, -0.1) is 0 Å². The first-order valence-corrected chi connectivity index (χ1v) is 14.2. The molecular weight excluding hydrogens is 534 g/mol. The number of nitrogens with zero attached hydrogens (tertiary/aromatic N) is 4. The average Bonchev–Trinajstić information content (AvgIpc) is 3.43. The van der Waals surface area contributed by atoms with E-state index < -0.39 is 11.6 Å². The van der Waals surface area contributed by atoms with Crippen LogP contribution in [-0.4, -0.2) is 59.3 Å². The first-order chi connectivity index (χ1) is 19.1. The van der Waals surface area contributed by atoms with Gasteiger partial charge < -0.3 is 14.7 Å². The Labute approximate surface area is 237 Å². The zero-order chi connectivity index (χ0) is 28.3. The van der Waals surface area contributed by atoms with Crippen LogP contribution in [0.4, 0.5) is 14.6 Å². The number of anilines is 1. The molecule has 6 rings (SSSR count). The van der Waals surface area contributed by atoms with Crippen molar-refractivity contribution in [3.8, 4) is 22.9 Å². The molecule has 3 heterocycles. The van der Waals surface area contributed by atoms with Crippen molar-refractivity contribution in [3.05, 3.63) is 52.6 Å². The summed E-state index contributed by atoms with van der Waals surface area (Å²) in [5.41, 5.74) is 0.800. The van der Waals surface area contributed by atoms with Crippen molar-refractivity contribution >= 4 is 39.1 Å². The molecule has 9 heteroatoms. The summed E-state index contributed by atoms with van der Waals surface area (Å²) in [6, 6.07) is 7.64. The first-order valence-electron chi connectivity index (χ1n) is 13.8. The van der Waals surface area contributed by atoms with Gasteiger partial charge in [-0.3, -0.25) is 4.90 Å². The number of fused-ring (bicyclic) bond motifs is 3. The highest BCUT2D eigenvalue weighted by Crippen LogP contribution is 2.44. The van der Waals surface area contributed by atoms with Crippen molar-refractivity contribution in [2.24, 2.45) is 5.92 Å². The van der Waals surface area contributed by atoms with E-state index in [1.165, 1.54) is 18.2 Å². The Kier molecular flexibility index (Phi) is 6.74. The minimum atomic E-state index is -0.675. The fourth-order valence-corrected chi connectivity index (χ4v) is 7.17. The van der Waals surface area contributed by atoms with Crippen molar-refractivity contribution in [1.82, 2.24) is 14.9 Å². The van der Waals surface area contributed by atoms with E-state index in [1.807, 2.05) is 21.0 Å². The summed E-state index contributed by atoms with van der Waals surface area (Å²) in [6.45, 7) is 6.65. The molecule has 2 atom stereocenters. The van der Waals surface area contributed by atoms with Crippen molar-refractivity contribution < 1.29 is 18.6 Å². The average molecular weight is 567 g/mol. The maximum Gasteiger partial charge on any atom is 0.319 e. The molecule has 2 aliphatic heterocycles. The number of ether oxygens (including phenoxy) is 1. The Morgan fingerprint density at radius 1 is 1.20 bits per heavy atom. The standard InChI is InChI=1S/C31H33ClF2N4O2/c1-5-20-24(33)8-7-18-11-19(39)12-21(25(18)20)26-23(32)13-22-28(27(26)34)35-30(36-29(22)37(3)4)40-16-31-9-6-10-38(31)15-17(2)14-31/h7-8,11-13,17,39H,5-6,9-10,14-16H2,1-4H3/t17-,31+/m1/s1. The van der Waals surface area contributed by atoms with Gasteiger partial charge in [0, 0.05) is 31.6 Å². The van der Waals surface area contributed by atoms with Crippen LogP contribution in [0.5, 0.6) is 11.8 Å². The molecule has 210 valence electrons. The number of hydrogen-bond acceptors (Lipinski definition) is 6.